The van der Waals surface area contributed by atoms with Crippen LogP contribution in [0.15, 0.2) is 17.0 Å². The van der Waals surface area contributed by atoms with Gasteiger partial charge in [-0.3, -0.25) is 14.5 Å². The summed E-state index contributed by atoms with van der Waals surface area (Å²) in [6.45, 7) is 11.0. The van der Waals surface area contributed by atoms with Crippen molar-refractivity contribution in [1.82, 2.24) is 19.8 Å². The number of aryl methyl sites for hydroxylation is 3. The molecule has 1 aliphatic heterocycles. The summed E-state index contributed by atoms with van der Waals surface area (Å²) < 4.78 is 27.7. The number of hydrogen-bond acceptors (Lipinski definition) is 5. The molecule has 0 saturated carbocycles. The second-order valence-corrected chi connectivity index (χ2v) is 9.78. The van der Waals surface area contributed by atoms with E-state index >= 15 is 0 Å². The van der Waals surface area contributed by atoms with Gasteiger partial charge in [-0.05, 0) is 45.7 Å². The Labute approximate surface area is 173 Å². The zero-order valence-corrected chi connectivity index (χ0v) is 18.7. The fourth-order valence-electron chi connectivity index (χ4n) is 3.64. The number of sulfonamides is 1. The van der Waals surface area contributed by atoms with Gasteiger partial charge in [-0.15, -0.1) is 0 Å². The van der Waals surface area contributed by atoms with Crippen molar-refractivity contribution in [3.63, 3.8) is 0 Å². The SMILES string of the molecule is Cc1cc(C)c(S(=O)(=O)N2CCN(CC(=O)NCC(=O)NC(C)C)CC2)c(C)c1. The van der Waals surface area contributed by atoms with E-state index in [-0.39, 0.29) is 30.9 Å². The first kappa shape index (κ1) is 23.3. The van der Waals surface area contributed by atoms with E-state index in [0.717, 1.165) is 16.7 Å². The predicted octanol–water partition coefficient (Wildman–Crippen LogP) is 0.559. The first-order chi connectivity index (χ1) is 13.5. The van der Waals surface area contributed by atoms with Crippen molar-refractivity contribution < 1.29 is 18.0 Å². The molecule has 2 rings (SSSR count). The molecule has 1 aromatic carbocycles. The van der Waals surface area contributed by atoms with Crippen LogP contribution in [0, 0.1) is 20.8 Å². The van der Waals surface area contributed by atoms with Gasteiger partial charge in [0, 0.05) is 32.2 Å². The Morgan fingerprint density at radius 1 is 1.00 bits per heavy atom. The smallest absolute Gasteiger partial charge is 0.243 e. The van der Waals surface area contributed by atoms with Gasteiger partial charge in [-0.1, -0.05) is 17.7 Å². The molecule has 8 nitrogen and oxygen atoms in total. The monoisotopic (exact) mass is 424 g/mol. The molecule has 0 aliphatic carbocycles. The first-order valence-electron chi connectivity index (χ1n) is 9.87. The molecule has 1 heterocycles. The molecule has 1 saturated heterocycles. The van der Waals surface area contributed by atoms with Gasteiger partial charge in [0.15, 0.2) is 0 Å². The van der Waals surface area contributed by atoms with Crippen LogP contribution in [0.25, 0.3) is 0 Å². The quantitative estimate of drug-likeness (QED) is 0.666. The Hall–Kier alpha value is -1.97. The van der Waals surface area contributed by atoms with Gasteiger partial charge < -0.3 is 10.6 Å². The van der Waals surface area contributed by atoms with E-state index in [1.54, 1.807) is 0 Å². The van der Waals surface area contributed by atoms with Crippen molar-refractivity contribution in [2.75, 3.05) is 39.3 Å². The van der Waals surface area contributed by atoms with Crippen molar-refractivity contribution in [3.8, 4) is 0 Å². The second kappa shape index (κ2) is 9.69. The number of carbonyl (C=O) groups excluding carboxylic acids is 2. The van der Waals surface area contributed by atoms with Crippen LogP contribution in [0.1, 0.15) is 30.5 Å². The molecule has 0 radical (unpaired) electrons. The van der Waals surface area contributed by atoms with Crippen LogP contribution in [-0.4, -0.2) is 74.7 Å². The molecular weight excluding hydrogens is 392 g/mol. The van der Waals surface area contributed by atoms with Crippen LogP contribution in [0.2, 0.25) is 0 Å². The van der Waals surface area contributed by atoms with Crippen LogP contribution in [0.5, 0.6) is 0 Å². The minimum Gasteiger partial charge on any atom is -0.352 e. The lowest BCUT2D eigenvalue weighted by Gasteiger charge is -2.34. The summed E-state index contributed by atoms with van der Waals surface area (Å²) in [5, 5.41) is 5.31. The third-order valence-electron chi connectivity index (χ3n) is 4.80. The Balaban J connectivity index is 1.90. The van der Waals surface area contributed by atoms with Crippen molar-refractivity contribution >= 4 is 21.8 Å². The topological polar surface area (TPSA) is 98.8 Å². The van der Waals surface area contributed by atoms with E-state index < -0.39 is 10.0 Å². The summed E-state index contributed by atoms with van der Waals surface area (Å²) >= 11 is 0. The lowest BCUT2D eigenvalue weighted by molar-refractivity contribution is -0.127. The van der Waals surface area contributed by atoms with Crippen LogP contribution in [-0.2, 0) is 19.6 Å². The van der Waals surface area contributed by atoms with Gasteiger partial charge in [0.2, 0.25) is 21.8 Å². The summed E-state index contributed by atoms with van der Waals surface area (Å²) in [5.74, 6) is -0.474. The lowest BCUT2D eigenvalue weighted by Crippen LogP contribution is -2.51. The molecule has 1 fully saturated rings. The number of benzene rings is 1. The van der Waals surface area contributed by atoms with Crippen molar-refractivity contribution in [2.45, 2.75) is 45.6 Å². The third-order valence-corrected chi connectivity index (χ3v) is 7.00. The van der Waals surface area contributed by atoms with E-state index in [9.17, 15) is 18.0 Å². The molecule has 0 spiro atoms. The fraction of sp³-hybridized carbons (Fsp3) is 0.600. The Bertz CT molecular complexity index is 836. The molecule has 2 N–H and O–H groups in total. The van der Waals surface area contributed by atoms with Gasteiger partial charge in [0.1, 0.15) is 0 Å². The normalized spacial score (nSPS) is 16.1. The summed E-state index contributed by atoms with van der Waals surface area (Å²) in [5.41, 5.74) is 2.55. The van der Waals surface area contributed by atoms with E-state index in [1.165, 1.54) is 4.31 Å². The number of carbonyl (C=O) groups is 2. The highest BCUT2D eigenvalue weighted by atomic mass is 32.2. The fourth-order valence-corrected chi connectivity index (χ4v) is 5.48. The number of nitrogens with zero attached hydrogens (tertiary/aromatic N) is 2. The van der Waals surface area contributed by atoms with E-state index in [0.29, 0.717) is 31.1 Å². The summed E-state index contributed by atoms with van der Waals surface area (Å²) in [6.07, 6.45) is 0. The van der Waals surface area contributed by atoms with Crippen LogP contribution in [0.3, 0.4) is 0 Å². The first-order valence-corrected chi connectivity index (χ1v) is 11.3. The molecule has 162 valence electrons. The highest BCUT2D eigenvalue weighted by molar-refractivity contribution is 7.89. The number of rotatable bonds is 7. The molecule has 0 atom stereocenters. The van der Waals surface area contributed by atoms with Crippen LogP contribution < -0.4 is 10.6 Å². The summed E-state index contributed by atoms with van der Waals surface area (Å²) in [6, 6.07) is 3.79. The molecule has 0 bridgehead atoms. The average Bonchev–Trinajstić information content (AvgIpc) is 2.58. The molecule has 29 heavy (non-hydrogen) atoms. The third kappa shape index (κ3) is 6.25. The van der Waals surface area contributed by atoms with E-state index in [4.69, 9.17) is 0 Å². The Kier molecular flexibility index (Phi) is 7.79. The molecule has 9 heteroatoms. The summed E-state index contributed by atoms with van der Waals surface area (Å²) in [4.78, 5) is 25.9. The van der Waals surface area contributed by atoms with Gasteiger partial charge >= 0.3 is 0 Å². The van der Waals surface area contributed by atoms with Gasteiger partial charge in [0.25, 0.3) is 0 Å². The molecule has 0 unspecified atom stereocenters. The second-order valence-electron chi connectivity index (χ2n) is 7.91. The number of piperazine rings is 1. The average molecular weight is 425 g/mol. The predicted molar refractivity (Wildman–Crippen MR) is 112 cm³/mol. The standard InChI is InChI=1S/C20H32N4O4S/c1-14(2)22-18(25)12-21-19(26)13-23-6-8-24(9-7-23)29(27,28)20-16(4)10-15(3)11-17(20)5/h10-11,14H,6-9,12-13H2,1-5H3,(H,21,26)(H,22,25). The molecule has 0 aromatic heterocycles. The molecule has 1 aliphatic rings. The zero-order chi connectivity index (χ0) is 21.8. The van der Waals surface area contributed by atoms with Crippen molar-refractivity contribution in [1.29, 1.82) is 0 Å². The minimum atomic E-state index is -3.57. The number of amides is 2. The van der Waals surface area contributed by atoms with Gasteiger partial charge in [-0.2, -0.15) is 4.31 Å². The summed E-state index contributed by atoms with van der Waals surface area (Å²) in [7, 11) is -3.57. The van der Waals surface area contributed by atoms with Gasteiger partial charge in [0.05, 0.1) is 18.0 Å². The van der Waals surface area contributed by atoms with Gasteiger partial charge in [-0.25, -0.2) is 8.42 Å². The maximum absolute atomic E-state index is 13.1. The molecule has 2 amide bonds. The number of nitrogens with one attached hydrogen (secondary N) is 2. The maximum Gasteiger partial charge on any atom is 0.243 e. The van der Waals surface area contributed by atoms with Crippen molar-refractivity contribution in [3.05, 3.63) is 28.8 Å². The number of hydrogen-bond donors (Lipinski definition) is 2. The highest BCUT2D eigenvalue weighted by Gasteiger charge is 2.31. The maximum atomic E-state index is 13.1. The van der Waals surface area contributed by atoms with Crippen LogP contribution >= 0.6 is 0 Å². The molecular formula is C20H32N4O4S. The van der Waals surface area contributed by atoms with Crippen LogP contribution in [0.4, 0.5) is 0 Å². The Morgan fingerprint density at radius 3 is 2.07 bits per heavy atom. The Morgan fingerprint density at radius 2 is 1.55 bits per heavy atom. The zero-order valence-electron chi connectivity index (χ0n) is 17.9. The minimum absolute atomic E-state index is 0.0234. The largest absolute Gasteiger partial charge is 0.352 e. The van der Waals surface area contributed by atoms with E-state index in [1.807, 2.05) is 51.7 Å². The highest BCUT2D eigenvalue weighted by Crippen LogP contribution is 2.26. The van der Waals surface area contributed by atoms with Crippen molar-refractivity contribution in [2.24, 2.45) is 0 Å². The molecule has 1 aromatic rings. The lowest BCUT2D eigenvalue weighted by atomic mass is 10.1. The van der Waals surface area contributed by atoms with E-state index in [2.05, 4.69) is 10.6 Å².